The topological polar surface area (TPSA) is 56.8 Å². The molecule has 0 aromatic heterocycles. The Morgan fingerprint density at radius 1 is 1.04 bits per heavy atom. The zero-order valence-electron chi connectivity index (χ0n) is 12.9. The molecule has 0 saturated heterocycles. The lowest BCUT2D eigenvalue weighted by Gasteiger charge is -2.06. The third-order valence-corrected chi connectivity index (χ3v) is 3.81. The maximum Gasteiger partial charge on any atom is 0.159 e. The molecule has 0 saturated carbocycles. The molecule has 2 aromatic rings. The number of ether oxygens (including phenoxy) is 2. The van der Waals surface area contributed by atoms with E-state index in [2.05, 4.69) is 4.99 Å². The number of nitrogens with two attached hydrogens (primary N) is 1. The van der Waals surface area contributed by atoms with Crippen molar-refractivity contribution in [3.8, 4) is 11.5 Å². The van der Waals surface area contributed by atoms with Gasteiger partial charge in [-0.05, 0) is 55.5 Å². The summed E-state index contributed by atoms with van der Waals surface area (Å²) < 4.78 is 11.0. The van der Waals surface area contributed by atoms with E-state index in [0.29, 0.717) is 23.4 Å². The Morgan fingerprint density at radius 3 is 2.30 bits per heavy atom. The first-order valence-corrected chi connectivity index (χ1v) is 8.62. The van der Waals surface area contributed by atoms with Gasteiger partial charge in [-0.3, -0.25) is 0 Å². The van der Waals surface area contributed by atoms with E-state index in [4.69, 9.17) is 26.8 Å². The average molecular weight is 351 g/mol. The Hall–Kier alpha value is -1.85. The van der Waals surface area contributed by atoms with Crippen LogP contribution in [0.3, 0.4) is 0 Å². The van der Waals surface area contributed by atoms with Crippen LogP contribution in [0.15, 0.2) is 53.5 Å². The highest BCUT2D eigenvalue weighted by atomic mass is 35.5. The zero-order chi connectivity index (χ0) is 16.5. The van der Waals surface area contributed by atoms with Gasteiger partial charge in [0.2, 0.25) is 0 Å². The molecule has 2 N–H and O–H groups in total. The minimum Gasteiger partial charge on any atom is -0.494 e. The molecule has 122 valence electrons. The first-order valence-electron chi connectivity index (χ1n) is 7.25. The summed E-state index contributed by atoms with van der Waals surface area (Å²) in [5.74, 6) is 2.33. The van der Waals surface area contributed by atoms with Gasteiger partial charge in [-0.1, -0.05) is 23.4 Å². The predicted molar refractivity (Wildman–Crippen MR) is 98.3 cm³/mol. The Morgan fingerprint density at radius 2 is 1.65 bits per heavy atom. The van der Waals surface area contributed by atoms with Crippen LogP contribution in [0, 0.1) is 0 Å². The van der Waals surface area contributed by atoms with Crippen molar-refractivity contribution in [1.82, 2.24) is 0 Å². The number of halogens is 1. The molecule has 4 nitrogen and oxygen atoms in total. The maximum absolute atomic E-state index is 5.91. The molecule has 0 radical (unpaired) electrons. The molecule has 0 fully saturated rings. The predicted octanol–water partition coefficient (Wildman–Crippen LogP) is 4.50. The highest BCUT2D eigenvalue weighted by Crippen LogP contribution is 2.19. The van der Waals surface area contributed by atoms with Crippen molar-refractivity contribution in [2.24, 2.45) is 10.7 Å². The fourth-order valence-electron chi connectivity index (χ4n) is 1.78. The van der Waals surface area contributed by atoms with Crippen LogP contribution in [-0.2, 0) is 0 Å². The normalized spacial score (nSPS) is 11.3. The molecule has 0 bridgehead atoms. The minimum atomic E-state index is 0.508. The lowest BCUT2D eigenvalue weighted by molar-refractivity contribution is 0.340. The van der Waals surface area contributed by atoms with Gasteiger partial charge in [0.1, 0.15) is 11.5 Å². The van der Waals surface area contributed by atoms with E-state index >= 15 is 0 Å². The van der Waals surface area contributed by atoms with Gasteiger partial charge in [-0.25, -0.2) is 4.99 Å². The fourth-order valence-corrected chi connectivity index (χ4v) is 2.45. The van der Waals surface area contributed by atoms with Crippen LogP contribution in [-0.4, -0.2) is 24.1 Å². The van der Waals surface area contributed by atoms with Crippen LogP contribution < -0.4 is 15.2 Å². The van der Waals surface area contributed by atoms with E-state index in [1.54, 1.807) is 12.1 Å². The maximum atomic E-state index is 5.91. The molecule has 0 aliphatic carbocycles. The van der Waals surface area contributed by atoms with Crippen molar-refractivity contribution in [1.29, 1.82) is 0 Å². The van der Waals surface area contributed by atoms with E-state index in [1.165, 1.54) is 11.8 Å². The van der Waals surface area contributed by atoms with Crippen LogP contribution >= 0.6 is 23.4 Å². The third-order valence-electron chi connectivity index (χ3n) is 2.80. The summed E-state index contributed by atoms with van der Waals surface area (Å²) in [5, 5.41) is 1.20. The van der Waals surface area contributed by atoms with Gasteiger partial charge in [-0.2, -0.15) is 0 Å². The number of hydrogen-bond donors (Lipinski definition) is 1. The highest BCUT2D eigenvalue weighted by molar-refractivity contribution is 8.13. The molecule has 0 unspecified atom stereocenters. The third kappa shape index (κ3) is 6.42. The Kier molecular flexibility index (Phi) is 7.10. The highest BCUT2D eigenvalue weighted by Gasteiger charge is 1.99. The summed E-state index contributed by atoms with van der Waals surface area (Å²) in [6.45, 7) is 3.15. The van der Waals surface area contributed by atoms with E-state index in [-0.39, 0.29) is 0 Å². The molecular weight excluding hydrogens is 332 g/mol. The zero-order valence-corrected chi connectivity index (χ0v) is 14.4. The van der Waals surface area contributed by atoms with Crippen molar-refractivity contribution >= 4 is 34.2 Å². The van der Waals surface area contributed by atoms with Crippen LogP contribution in [0.5, 0.6) is 11.5 Å². The average Bonchev–Trinajstić information content (AvgIpc) is 2.55. The molecule has 0 aliphatic heterocycles. The van der Waals surface area contributed by atoms with E-state index < -0.39 is 0 Å². The van der Waals surface area contributed by atoms with Crippen LogP contribution in [0.25, 0.3) is 0 Å². The number of aliphatic imine (C=N–C) groups is 1. The second-order valence-corrected chi connectivity index (χ2v) is 6.08. The van der Waals surface area contributed by atoms with Gasteiger partial charge < -0.3 is 15.2 Å². The van der Waals surface area contributed by atoms with Gasteiger partial charge in [0, 0.05) is 10.8 Å². The molecule has 23 heavy (non-hydrogen) atoms. The number of rotatable bonds is 7. The molecular formula is C17H19ClN2O2S. The molecule has 0 atom stereocenters. The lowest BCUT2D eigenvalue weighted by atomic mass is 10.3. The molecule has 2 rings (SSSR count). The van der Waals surface area contributed by atoms with E-state index in [1.807, 2.05) is 43.3 Å². The van der Waals surface area contributed by atoms with Crippen LogP contribution in [0.4, 0.5) is 5.69 Å². The smallest absolute Gasteiger partial charge is 0.159 e. The molecule has 6 heteroatoms. The number of benzene rings is 2. The number of thioether (sulfide) groups is 1. The van der Waals surface area contributed by atoms with Gasteiger partial charge in [0.15, 0.2) is 5.17 Å². The van der Waals surface area contributed by atoms with Crippen molar-refractivity contribution in [2.45, 2.75) is 6.92 Å². The lowest BCUT2D eigenvalue weighted by Crippen LogP contribution is -2.10. The Labute approximate surface area is 145 Å². The second kappa shape index (κ2) is 9.33. The van der Waals surface area contributed by atoms with Gasteiger partial charge in [-0.15, -0.1) is 0 Å². The fraction of sp³-hybridized carbons (Fsp3) is 0.235. The summed E-state index contributed by atoms with van der Waals surface area (Å²) in [7, 11) is 0. The van der Waals surface area contributed by atoms with Crippen molar-refractivity contribution in [3.05, 3.63) is 53.6 Å². The molecule has 0 spiro atoms. The number of hydrogen-bond acceptors (Lipinski definition) is 4. The summed E-state index contributed by atoms with van der Waals surface area (Å²) in [6.07, 6.45) is 0. The largest absolute Gasteiger partial charge is 0.494 e. The molecule has 2 aromatic carbocycles. The van der Waals surface area contributed by atoms with Gasteiger partial charge in [0.25, 0.3) is 0 Å². The quantitative estimate of drug-likeness (QED) is 0.454. The van der Waals surface area contributed by atoms with Crippen molar-refractivity contribution in [3.63, 3.8) is 0 Å². The summed E-state index contributed by atoms with van der Waals surface area (Å²) in [6, 6.07) is 14.8. The Bertz CT molecular complexity index is 630. The summed E-state index contributed by atoms with van der Waals surface area (Å²) in [4.78, 5) is 4.35. The molecule has 0 aliphatic rings. The van der Waals surface area contributed by atoms with Crippen molar-refractivity contribution < 1.29 is 9.47 Å². The molecule has 0 heterocycles. The first kappa shape index (κ1) is 17.5. The summed E-state index contributed by atoms with van der Waals surface area (Å²) >= 11 is 7.27. The first-order chi connectivity index (χ1) is 11.2. The number of amidine groups is 1. The van der Waals surface area contributed by atoms with Crippen LogP contribution in [0.1, 0.15) is 6.92 Å². The van der Waals surface area contributed by atoms with Gasteiger partial charge in [0.05, 0.1) is 18.9 Å². The second-order valence-electron chi connectivity index (χ2n) is 4.53. The van der Waals surface area contributed by atoms with E-state index in [9.17, 15) is 0 Å². The standard InChI is InChI=1S/C17H19ClN2O2S/c1-2-21-15-9-5-14(6-10-15)20-17(19)23-12-11-22-16-7-3-13(18)4-8-16/h3-10H,2,11-12H2,1H3,(H2,19,20). The van der Waals surface area contributed by atoms with Gasteiger partial charge >= 0.3 is 0 Å². The number of nitrogens with zero attached hydrogens (tertiary/aromatic N) is 1. The SMILES string of the molecule is CCOc1ccc(N=C(N)SCCOc2ccc(Cl)cc2)cc1. The Balaban J connectivity index is 1.75. The van der Waals surface area contributed by atoms with Crippen LogP contribution in [0.2, 0.25) is 5.02 Å². The summed E-state index contributed by atoms with van der Waals surface area (Å²) in [5.41, 5.74) is 6.71. The van der Waals surface area contributed by atoms with E-state index in [0.717, 1.165) is 22.9 Å². The monoisotopic (exact) mass is 350 g/mol. The molecule has 0 amide bonds. The minimum absolute atomic E-state index is 0.508. The van der Waals surface area contributed by atoms with Crippen molar-refractivity contribution in [2.75, 3.05) is 19.0 Å².